The van der Waals surface area contributed by atoms with Crippen LogP contribution < -0.4 is 14.9 Å². The second kappa shape index (κ2) is 10.2. The topological polar surface area (TPSA) is 93.1 Å². The van der Waals surface area contributed by atoms with Crippen molar-refractivity contribution in [3.8, 4) is 11.5 Å². The van der Waals surface area contributed by atoms with Gasteiger partial charge in [-0.05, 0) is 48.7 Å². The number of methoxy groups -OCH3 is 1. The lowest BCUT2D eigenvalue weighted by Gasteiger charge is -2.25. The van der Waals surface area contributed by atoms with E-state index >= 15 is 0 Å². The molecule has 2 heterocycles. The average molecular weight is 431 g/mol. The molecule has 1 aromatic heterocycles. The Hall–Kier alpha value is -2.91. The van der Waals surface area contributed by atoms with Gasteiger partial charge in [-0.2, -0.15) is 9.41 Å². The van der Waals surface area contributed by atoms with Crippen LogP contribution in [0.15, 0.2) is 59.2 Å². The first-order chi connectivity index (χ1) is 14.5. The third kappa shape index (κ3) is 5.37. The molecule has 0 aliphatic carbocycles. The number of nitrogens with one attached hydrogen (secondary N) is 1. The molecule has 1 aliphatic rings. The van der Waals surface area contributed by atoms with Crippen LogP contribution in [0.1, 0.15) is 24.8 Å². The zero-order valence-electron chi connectivity index (χ0n) is 17.0. The van der Waals surface area contributed by atoms with Crippen molar-refractivity contribution in [1.29, 1.82) is 0 Å². The van der Waals surface area contributed by atoms with Crippen molar-refractivity contribution in [1.82, 2.24) is 9.29 Å². The third-order valence-corrected chi connectivity index (χ3v) is 6.51. The molecular formula is C21H26N4O4S. The number of piperidine rings is 1. The molecular weight excluding hydrogens is 404 g/mol. The smallest absolute Gasteiger partial charge is 0.244 e. The molecule has 0 amide bonds. The molecule has 1 saturated heterocycles. The van der Waals surface area contributed by atoms with Crippen molar-refractivity contribution in [2.45, 2.75) is 24.2 Å². The molecule has 30 heavy (non-hydrogen) atoms. The molecule has 8 nitrogen and oxygen atoms in total. The maximum atomic E-state index is 12.7. The van der Waals surface area contributed by atoms with E-state index in [1.165, 1.54) is 10.5 Å². The molecule has 0 spiro atoms. The summed E-state index contributed by atoms with van der Waals surface area (Å²) in [7, 11) is -1.92. The number of ether oxygens (including phenoxy) is 2. The number of hydrazone groups is 1. The second-order valence-electron chi connectivity index (χ2n) is 6.72. The summed E-state index contributed by atoms with van der Waals surface area (Å²) in [5.41, 5.74) is 3.60. The Morgan fingerprint density at radius 2 is 2.00 bits per heavy atom. The van der Waals surface area contributed by atoms with Crippen molar-refractivity contribution in [2.24, 2.45) is 5.10 Å². The number of anilines is 1. The molecule has 9 heteroatoms. The van der Waals surface area contributed by atoms with E-state index in [-0.39, 0.29) is 4.90 Å². The van der Waals surface area contributed by atoms with Gasteiger partial charge in [-0.15, -0.1) is 0 Å². The van der Waals surface area contributed by atoms with Crippen molar-refractivity contribution < 1.29 is 17.9 Å². The number of pyridine rings is 1. The Bertz CT molecular complexity index is 985. The highest BCUT2D eigenvalue weighted by atomic mass is 32.2. The quantitative estimate of drug-likeness (QED) is 0.373. The SMILES string of the molecule is C=CCOc1ccc(/C=N/Nc2ccc(S(=O)(=O)N3CCCCC3)cn2)cc1OC. The molecule has 1 fully saturated rings. The van der Waals surface area contributed by atoms with E-state index in [1.807, 2.05) is 6.07 Å². The Balaban J connectivity index is 1.63. The molecule has 1 aromatic carbocycles. The molecule has 1 N–H and O–H groups in total. The van der Waals surface area contributed by atoms with Gasteiger partial charge in [0.25, 0.3) is 0 Å². The first-order valence-electron chi connectivity index (χ1n) is 9.71. The van der Waals surface area contributed by atoms with E-state index in [0.29, 0.717) is 37.0 Å². The molecule has 0 radical (unpaired) electrons. The van der Waals surface area contributed by atoms with Crippen molar-refractivity contribution in [3.63, 3.8) is 0 Å². The van der Waals surface area contributed by atoms with E-state index in [2.05, 4.69) is 22.1 Å². The summed E-state index contributed by atoms with van der Waals surface area (Å²) < 4.78 is 37.7. The minimum absolute atomic E-state index is 0.193. The van der Waals surface area contributed by atoms with Crippen LogP contribution in [0, 0.1) is 0 Å². The summed E-state index contributed by atoms with van der Waals surface area (Å²) >= 11 is 0. The lowest BCUT2D eigenvalue weighted by Crippen LogP contribution is -2.35. The first-order valence-corrected chi connectivity index (χ1v) is 11.2. The van der Waals surface area contributed by atoms with Crippen LogP contribution in [0.5, 0.6) is 11.5 Å². The van der Waals surface area contributed by atoms with Gasteiger partial charge in [-0.1, -0.05) is 19.1 Å². The van der Waals surface area contributed by atoms with Crippen molar-refractivity contribution >= 4 is 22.1 Å². The summed E-state index contributed by atoms with van der Waals surface area (Å²) in [4.78, 5) is 4.36. The summed E-state index contributed by atoms with van der Waals surface area (Å²) in [6.45, 7) is 5.14. The maximum Gasteiger partial charge on any atom is 0.244 e. The largest absolute Gasteiger partial charge is 0.493 e. The number of sulfonamides is 1. The molecule has 2 aromatic rings. The van der Waals surface area contributed by atoms with Gasteiger partial charge in [-0.25, -0.2) is 13.4 Å². The Labute approximate surface area is 177 Å². The summed E-state index contributed by atoms with van der Waals surface area (Å²) in [5.74, 6) is 1.66. The molecule has 160 valence electrons. The van der Waals surface area contributed by atoms with Crippen molar-refractivity contribution in [2.75, 3.05) is 32.2 Å². The molecule has 1 aliphatic heterocycles. The number of hydrogen-bond donors (Lipinski definition) is 1. The van der Waals surface area contributed by atoms with Crippen LogP contribution in [0.2, 0.25) is 0 Å². The minimum Gasteiger partial charge on any atom is -0.493 e. The van der Waals surface area contributed by atoms with Crippen LogP contribution >= 0.6 is 0 Å². The lowest BCUT2D eigenvalue weighted by atomic mass is 10.2. The third-order valence-electron chi connectivity index (χ3n) is 4.63. The van der Waals surface area contributed by atoms with Gasteiger partial charge in [-0.3, -0.25) is 5.43 Å². The van der Waals surface area contributed by atoms with E-state index in [1.54, 1.807) is 43.7 Å². The van der Waals surface area contributed by atoms with Crippen LogP contribution in [0.25, 0.3) is 0 Å². The standard InChI is InChI=1S/C21H26N4O4S/c1-3-13-29-19-9-7-17(14-20(19)28-2)15-23-24-21-10-8-18(16-22-21)30(26,27)25-11-5-4-6-12-25/h3,7-10,14-16H,1,4-6,11-13H2,2H3,(H,22,24)/b23-15+. The number of hydrogen-bond acceptors (Lipinski definition) is 7. The molecule has 0 bridgehead atoms. The Morgan fingerprint density at radius 3 is 2.67 bits per heavy atom. The zero-order chi connectivity index (χ0) is 21.4. The normalized spacial score (nSPS) is 15.1. The minimum atomic E-state index is -3.49. The van der Waals surface area contributed by atoms with Crippen LogP contribution in [-0.2, 0) is 10.0 Å². The molecule has 0 unspecified atom stereocenters. The number of rotatable bonds is 9. The van der Waals surface area contributed by atoms with E-state index < -0.39 is 10.0 Å². The van der Waals surface area contributed by atoms with Crippen molar-refractivity contribution in [3.05, 3.63) is 54.7 Å². The van der Waals surface area contributed by atoms with Gasteiger partial charge in [0, 0.05) is 19.3 Å². The van der Waals surface area contributed by atoms with Gasteiger partial charge in [0.05, 0.1) is 13.3 Å². The highest BCUT2D eigenvalue weighted by molar-refractivity contribution is 7.89. The highest BCUT2D eigenvalue weighted by Crippen LogP contribution is 2.27. The zero-order valence-corrected chi connectivity index (χ0v) is 17.8. The van der Waals surface area contributed by atoms with Gasteiger partial charge in [0.2, 0.25) is 10.0 Å². The number of benzene rings is 1. The van der Waals surface area contributed by atoms with Crippen LogP contribution in [0.4, 0.5) is 5.82 Å². The molecule has 0 saturated carbocycles. The summed E-state index contributed by atoms with van der Waals surface area (Å²) in [6, 6.07) is 8.58. The lowest BCUT2D eigenvalue weighted by molar-refractivity contribution is 0.326. The van der Waals surface area contributed by atoms with Crippen LogP contribution in [0.3, 0.4) is 0 Å². The Morgan fingerprint density at radius 1 is 1.20 bits per heavy atom. The van der Waals surface area contributed by atoms with Gasteiger partial charge >= 0.3 is 0 Å². The number of aromatic nitrogens is 1. The van der Waals surface area contributed by atoms with Gasteiger partial charge in [0.15, 0.2) is 11.5 Å². The second-order valence-corrected chi connectivity index (χ2v) is 8.66. The fourth-order valence-corrected chi connectivity index (χ4v) is 4.52. The Kier molecular flexibility index (Phi) is 7.42. The predicted molar refractivity (Wildman–Crippen MR) is 117 cm³/mol. The fraction of sp³-hybridized carbons (Fsp3) is 0.333. The average Bonchev–Trinajstić information content (AvgIpc) is 2.79. The number of nitrogens with zero attached hydrogens (tertiary/aromatic N) is 3. The predicted octanol–water partition coefficient (Wildman–Crippen LogP) is 3.28. The highest BCUT2D eigenvalue weighted by Gasteiger charge is 2.26. The maximum absolute atomic E-state index is 12.7. The fourth-order valence-electron chi connectivity index (χ4n) is 3.06. The summed E-state index contributed by atoms with van der Waals surface area (Å²) in [5, 5.41) is 4.15. The van der Waals surface area contributed by atoms with E-state index in [9.17, 15) is 8.42 Å². The van der Waals surface area contributed by atoms with Gasteiger partial charge < -0.3 is 9.47 Å². The molecule has 0 atom stereocenters. The monoisotopic (exact) mass is 430 g/mol. The van der Waals surface area contributed by atoms with Crippen LogP contribution in [-0.4, -0.2) is 50.7 Å². The van der Waals surface area contributed by atoms with E-state index in [4.69, 9.17) is 9.47 Å². The van der Waals surface area contributed by atoms with E-state index in [0.717, 1.165) is 24.8 Å². The first kappa shape index (κ1) is 21.8. The summed E-state index contributed by atoms with van der Waals surface area (Å²) in [6.07, 6.45) is 7.49. The molecule has 3 rings (SSSR count). The van der Waals surface area contributed by atoms with Gasteiger partial charge in [0.1, 0.15) is 17.3 Å².